The molecule has 2 rings (SSSR count). The van der Waals surface area contributed by atoms with E-state index in [4.69, 9.17) is 4.74 Å². The quantitative estimate of drug-likeness (QED) is 0.504. The predicted octanol–water partition coefficient (Wildman–Crippen LogP) is 4.17. The second-order valence-corrected chi connectivity index (χ2v) is 9.23. The Morgan fingerprint density at radius 3 is 2.32 bits per heavy atom. The summed E-state index contributed by atoms with van der Waals surface area (Å²) in [6, 6.07) is 0.149. The highest BCUT2D eigenvalue weighted by Gasteiger charge is 2.30. The van der Waals surface area contributed by atoms with E-state index in [-0.39, 0.29) is 17.9 Å². The van der Waals surface area contributed by atoms with Gasteiger partial charge in [-0.2, -0.15) is 5.10 Å². The molecule has 0 aromatic carbocycles. The zero-order valence-corrected chi connectivity index (χ0v) is 19.5. The minimum absolute atomic E-state index is 0.119. The summed E-state index contributed by atoms with van der Waals surface area (Å²) in [5.41, 5.74) is 1.73. The summed E-state index contributed by atoms with van der Waals surface area (Å²) in [7, 11) is 3.80. The standard InChI is InChI=1S/C20H31BrN4O3/c1-13(23(6)7)12-16(26)18-17(21)14(2)25(22-18)15-8-10-24(11-9-15)19(27)28-20(3,4)5/h12,15H,8-11H2,1-7H3/b13-12+. The number of ether oxygens (including phenoxy) is 1. The van der Waals surface area contributed by atoms with Gasteiger partial charge in [0.05, 0.1) is 16.2 Å². The lowest BCUT2D eigenvalue weighted by Gasteiger charge is -2.33. The van der Waals surface area contributed by atoms with E-state index in [0.29, 0.717) is 18.8 Å². The molecule has 28 heavy (non-hydrogen) atoms. The third-order valence-electron chi connectivity index (χ3n) is 4.82. The van der Waals surface area contributed by atoms with Gasteiger partial charge in [0, 0.05) is 39.0 Å². The summed E-state index contributed by atoms with van der Waals surface area (Å²) in [5.74, 6) is -0.119. The molecule has 0 spiro atoms. The van der Waals surface area contributed by atoms with Crippen LogP contribution in [0.25, 0.3) is 0 Å². The van der Waals surface area contributed by atoms with Gasteiger partial charge in [0.15, 0.2) is 0 Å². The largest absolute Gasteiger partial charge is 0.444 e. The zero-order chi connectivity index (χ0) is 21.2. The van der Waals surface area contributed by atoms with E-state index >= 15 is 0 Å². The fraction of sp³-hybridized carbons (Fsp3) is 0.650. The fourth-order valence-electron chi connectivity index (χ4n) is 3.02. The van der Waals surface area contributed by atoms with Gasteiger partial charge in [0.2, 0.25) is 5.78 Å². The Balaban J connectivity index is 2.11. The normalized spacial score (nSPS) is 16.3. The molecule has 0 N–H and O–H groups in total. The Morgan fingerprint density at radius 2 is 1.82 bits per heavy atom. The molecule has 1 fully saturated rings. The smallest absolute Gasteiger partial charge is 0.410 e. The van der Waals surface area contributed by atoms with Gasteiger partial charge in [-0.25, -0.2) is 4.79 Å². The lowest BCUT2D eigenvalue weighted by Crippen LogP contribution is -2.42. The van der Waals surface area contributed by atoms with Crippen LogP contribution in [0.5, 0.6) is 0 Å². The molecule has 0 atom stereocenters. The lowest BCUT2D eigenvalue weighted by atomic mass is 10.1. The average Bonchev–Trinajstić information content (AvgIpc) is 2.89. The predicted molar refractivity (Wildman–Crippen MR) is 113 cm³/mol. The summed E-state index contributed by atoms with van der Waals surface area (Å²) >= 11 is 3.53. The van der Waals surface area contributed by atoms with Gasteiger partial charge >= 0.3 is 6.09 Å². The average molecular weight is 455 g/mol. The molecule has 8 heteroatoms. The molecule has 0 aliphatic carbocycles. The van der Waals surface area contributed by atoms with Gasteiger partial charge in [-0.15, -0.1) is 0 Å². The van der Waals surface area contributed by atoms with Crippen LogP contribution in [-0.2, 0) is 4.74 Å². The first-order valence-electron chi connectivity index (χ1n) is 9.53. The van der Waals surface area contributed by atoms with E-state index in [1.807, 2.05) is 58.3 Å². The Kier molecular flexibility index (Phi) is 6.96. The minimum atomic E-state index is -0.495. The number of hydrogen-bond donors (Lipinski definition) is 0. The minimum Gasteiger partial charge on any atom is -0.444 e. The molecule has 7 nitrogen and oxygen atoms in total. The maximum absolute atomic E-state index is 12.6. The number of carbonyl (C=O) groups is 2. The second kappa shape index (κ2) is 8.68. The number of halogens is 1. The Labute approximate surface area is 175 Å². The highest BCUT2D eigenvalue weighted by atomic mass is 79.9. The molecule has 1 aliphatic heterocycles. The molecule has 1 aromatic rings. The van der Waals surface area contributed by atoms with Crippen molar-refractivity contribution < 1.29 is 14.3 Å². The molecule has 0 bridgehead atoms. The SMILES string of the molecule is C/C(=C\C(=O)c1nn(C2CCN(C(=O)OC(C)(C)C)CC2)c(C)c1Br)N(C)C. The highest BCUT2D eigenvalue weighted by molar-refractivity contribution is 9.10. The van der Waals surface area contributed by atoms with Gasteiger partial charge in [0.25, 0.3) is 0 Å². The maximum atomic E-state index is 12.6. The molecule has 2 heterocycles. The summed E-state index contributed by atoms with van der Waals surface area (Å²) in [4.78, 5) is 28.5. The molecule has 156 valence electrons. The second-order valence-electron chi connectivity index (χ2n) is 8.44. The van der Waals surface area contributed by atoms with E-state index in [9.17, 15) is 9.59 Å². The van der Waals surface area contributed by atoms with E-state index in [1.54, 1.807) is 11.0 Å². The third-order valence-corrected chi connectivity index (χ3v) is 5.77. The maximum Gasteiger partial charge on any atom is 0.410 e. The summed E-state index contributed by atoms with van der Waals surface area (Å²) in [6.07, 6.45) is 2.87. The van der Waals surface area contributed by atoms with Crippen LogP contribution in [0.1, 0.15) is 62.8 Å². The molecule has 0 unspecified atom stereocenters. The fourth-order valence-corrected chi connectivity index (χ4v) is 3.47. The van der Waals surface area contributed by atoms with Crippen molar-refractivity contribution in [2.75, 3.05) is 27.2 Å². The van der Waals surface area contributed by atoms with Crippen molar-refractivity contribution in [3.05, 3.63) is 27.6 Å². The van der Waals surface area contributed by atoms with Crippen molar-refractivity contribution in [3.8, 4) is 0 Å². The number of amides is 1. The van der Waals surface area contributed by atoms with Gasteiger partial charge < -0.3 is 14.5 Å². The Hall–Kier alpha value is -1.83. The molecule has 1 aromatic heterocycles. The van der Waals surface area contributed by atoms with Crippen LogP contribution in [0.3, 0.4) is 0 Å². The monoisotopic (exact) mass is 454 g/mol. The third kappa shape index (κ3) is 5.37. The number of aromatic nitrogens is 2. The van der Waals surface area contributed by atoms with E-state index in [1.165, 1.54) is 0 Å². The summed E-state index contributed by atoms with van der Waals surface area (Å²) in [5, 5.41) is 4.60. The topological polar surface area (TPSA) is 67.7 Å². The Bertz CT molecular complexity index is 769. The van der Waals surface area contributed by atoms with Crippen LogP contribution in [0.15, 0.2) is 16.2 Å². The number of carbonyl (C=O) groups excluding carboxylic acids is 2. The molecule has 0 radical (unpaired) electrons. The summed E-state index contributed by atoms with van der Waals surface area (Å²) in [6.45, 7) is 10.7. The van der Waals surface area contributed by atoms with Crippen LogP contribution in [0.2, 0.25) is 0 Å². The molecule has 1 amide bonds. The van der Waals surface area contributed by atoms with Crippen LogP contribution < -0.4 is 0 Å². The molecule has 0 saturated carbocycles. The van der Waals surface area contributed by atoms with Crippen molar-refractivity contribution >= 4 is 27.8 Å². The molecule has 1 saturated heterocycles. The number of allylic oxidation sites excluding steroid dienone is 2. The van der Waals surface area contributed by atoms with Crippen LogP contribution in [0.4, 0.5) is 4.79 Å². The first kappa shape index (κ1) is 22.5. The molecular weight excluding hydrogens is 424 g/mol. The van der Waals surface area contributed by atoms with E-state index < -0.39 is 5.60 Å². The highest BCUT2D eigenvalue weighted by Crippen LogP contribution is 2.30. The van der Waals surface area contributed by atoms with Gasteiger partial charge in [0.1, 0.15) is 11.3 Å². The number of ketones is 1. The van der Waals surface area contributed by atoms with Crippen LogP contribution in [-0.4, -0.2) is 64.2 Å². The van der Waals surface area contributed by atoms with Crippen molar-refractivity contribution in [3.63, 3.8) is 0 Å². The molecular formula is C20H31BrN4O3. The first-order valence-corrected chi connectivity index (χ1v) is 10.3. The number of rotatable bonds is 4. The van der Waals surface area contributed by atoms with Crippen molar-refractivity contribution in [2.45, 2.75) is 59.1 Å². The van der Waals surface area contributed by atoms with Crippen molar-refractivity contribution in [1.29, 1.82) is 0 Å². The lowest BCUT2D eigenvalue weighted by molar-refractivity contribution is 0.0184. The van der Waals surface area contributed by atoms with Crippen molar-refractivity contribution in [1.82, 2.24) is 19.6 Å². The zero-order valence-electron chi connectivity index (χ0n) is 17.9. The first-order chi connectivity index (χ1) is 12.9. The number of nitrogens with zero attached hydrogens (tertiary/aromatic N) is 4. The van der Waals surface area contributed by atoms with E-state index in [2.05, 4.69) is 21.0 Å². The van der Waals surface area contributed by atoms with Gasteiger partial charge in [-0.3, -0.25) is 9.48 Å². The van der Waals surface area contributed by atoms with E-state index in [0.717, 1.165) is 28.7 Å². The summed E-state index contributed by atoms with van der Waals surface area (Å²) < 4.78 is 8.11. The van der Waals surface area contributed by atoms with Crippen LogP contribution >= 0.6 is 15.9 Å². The number of hydrogen-bond acceptors (Lipinski definition) is 5. The van der Waals surface area contributed by atoms with Gasteiger partial charge in [-0.1, -0.05) is 0 Å². The van der Waals surface area contributed by atoms with Crippen LogP contribution in [0, 0.1) is 6.92 Å². The molecule has 1 aliphatic rings. The number of likely N-dealkylation sites (tertiary alicyclic amines) is 1. The number of piperidine rings is 1. The van der Waals surface area contributed by atoms with Gasteiger partial charge in [-0.05, 0) is 63.4 Å². The van der Waals surface area contributed by atoms with Crippen molar-refractivity contribution in [2.24, 2.45) is 0 Å². The Morgan fingerprint density at radius 1 is 1.25 bits per heavy atom.